The standard InChI is InChI=1S/C27H28F2N6O2/c1-15-7-21(28)22(32-26(36)20-11-31-35(24(20)29)27(2,3)4)10-19(15)16-8-23(25-30-5-6-33(25)12-16)34-13-17-9-18(14-34)37-17/h5-8,10-12,17-18H,9,13-14H2,1-4H3,(H,32,36). The number of pyridine rings is 1. The van der Waals surface area contributed by atoms with Crippen LogP contribution in [0.1, 0.15) is 43.1 Å². The van der Waals surface area contributed by atoms with Crippen LogP contribution in [0.25, 0.3) is 16.8 Å². The van der Waals surface area contributed by atoms with Crippen LogP contribution >= 0.6 is 0 Å². The molecule has 3 saturated heterocycles. The molecular formula is C27H28F2N6O2. The van der Waals surface area contributed by atoms with E-state index in [0.29, 0.717) is 5.56 Å². The van der Waals surface area contributed by atoms with Gasteiger partial charge in [0.05, 0.1) is 35.3 Å². The number of hydrogen-bond acceptors (Lipinski definition) is 5. The van der Waals surface area contributed by atoms with Crippen LogP contribution in [0.5, 0.6) is 0 Å². The Balaban J connectivity index is 1.36. The highest BCUT2D eigenvalue weighted by atomic mass is 19.1. The number of carbonyl (C=O) groups excluding carboxylic acids is 1. The number of anilines is 2. The molecule has 3 aliphatic rings. The third-order valence-corrected chi connectivity index (χ3v) is 7.03. The third-order valence-electron chi connectivity index (χ3n) is 7.03. The molecule has 3 aliphatic heterocycles. The Morgan fingerprint density at radius 2 is 1.89 bits per heavy atom. The molecule has 8 nitrogen and oxygen atoms in total. The zero-order valence-electron chi connectivity index (χ0n) is 21.1. The molecule has 4 aromatic rings. The molecule has 1 aromatic carbocycles. The number of aryl methyl sites for hydroxylation is 1. The van der Waals surface area contributed by atoms with E-state index in [4.69, 9.17) is 4.74 Å². The highest BCUT2D eigenvalue weighted by Crippen LogP contribution is 2.37. The normalized spacial score (nSPS) is 19.2. The van der Waals surface area contributed by atoms with E-state index in [1.165, 1.54) is 6.07 Å². The molecule has 1 amide bonds. The van der Waals surface area contributed by atoms with Gasteiger partial charge < -0.3 is 19.4 Å². The summed E-state index contributed by atoms with van der Waals surface area (Å²) in [4.78, 5) is 19.7. The fraction of sp³-hybridized carbons (Fsp3) is 0.370. The van der Waals surface area contributed by atoms with Gasteiger partial charge in [0, 0.05) is 43.7 Å². The molecular weight excluding hydrogens is 478 g/mol. The van der Waals surface area contributed by atoms with E-state index in [2.05, 4.69) is 20.3 Å². The molecule has 2 bridgehead atoms. The van der Waals surface area contributed by atoms with Gasteiger partial charge in [0.15, 0.2) is 5.65 Å². The van der Waals surface area contributed by atoms with Crippen molar-refractivity contribution in [1.29, 1.82) is 0 Å². The second-order valence-corrected chi connectivity index (χ2v) is 10.8. The Morgan fingerprint density at radius 1 is 1.16 bits per heavy atom. The average molecular weight is 507 g/mol. The zero-order chi connectivity index (χ0) is 26.1. The molecule has 7 rings (SSSR count). The van der Waals surface area contributed by atoms with Crippen LogP contribution in [0.3, 0.4) is 0 Å². The van der Waals surface area contributed by atoms with Crippen LogP contribution in [-0.4, -0.2) is 50.4 Å². The number of hydrogen-bond donors (Lipinski definition) is 1. The van der Waals surface area contributed by atoms with Gasteiger partial charge in [-0.3, -0.25) is 4.79 Å². The minimum Gasteiger partial charge on any atom is -0.371 e. The summed E-state index contributed by atoms with van der Waals surface area (Å²) in [5.41, 5.74) is 3.19. The molecule has 10 heteroatoms. The SMILES string of the molecule is Cc1cc(F)c(NC(=O)c2cnn(C(C)(C)C)c2F)cc1-c1cc(N2CC3CC(C2)O3)c2nccn2c1. The van der Waals surface area contributed by atoms with Crippen molar-refractivity contribution in [2.24, 2.45) is 0 Å². The largest absolute Gasteiger partial charge is 0.371 e. The fourth-order valence-electron chi connectivity index (χ4n) is 5.17. The van der Waals surface area contributed by atoms with Gasteiger partial charge in [-0.05, 0) is 57.0 Å². The number of ether oxygens (including phenoxy) is 1. The molecule has 3 fully saturated rings. The van der Waals surface area contributed by atoms with Gasteiger partial charge in [-0.15, -0.1) is 0 Å². The zero-order valence-corrected chi connectivity index (χ0v) is 21.1. The predicted octanol–water partition coefficient (Wildman–Crippen LogP) is 4.77. The summed E-state index contributed by atoms with van der Waals surface area (Å²) in [5, 5.41) is 6.54. The van der Waals surface area contributed by atoms with E-state index in [9.17, 15) is 13.6 Å². The molecule has 192 valence electrons. The van der Waals surface area contributed by atoms with Crippen molar-refractivity contribution in [2.75, 3.05) is 23.3 Å². The molecule has 0 radical (unpaired) electrons. The van der Waals surface area contributed by atoms with Crippen molar-refractivity contribution in [2.45, 2.75) is 51.9 Å². The van der Waals surface area contributed by atoms with Crippen LogP contribution in [0.15, 0.2) is 43.0 Å². The Labute approximate surface area is 212 Å². The van der Waals surface area contributed by atoms with E-state index in [-0.39, 0.29) is 23.5 Å². The van der Waals surface area contributed by atoms with Gasteiger partial charge >= 0.3 is 0 Å². The number of morpholine rings is 1. The van der Waals surface area contributed by atoms with E-state index in [1.54, 1.807) is 33.0 Å². The van der Waals surface area contributed by atoms with Crippen LogP contribution < -0.4 is 10.2 Å². The topological polar surface area (TPSA) is 76.7 Å². The van der Waals surface area contributed by atoms with Crippen molar-refractivity contribution >= 4 is 22.9 Å². The summed E-state index contributed by atoms with van der Waals surface area (Å²) in [6.07, 6.45) is 8.27. The Bertz CT molecular complexity index is 1520. The Hall–Kier alpha value is -3.79. The van der Waals surface area contributed by atoms with Crippen LogP contribution in [-0.2, 0) is 10.3 Å². The quantitative estimate of drug-likeness (QED) is 0.432. The first kappa shape index (κ1) is 23.6. The number of benzene rings is 1. The number of fused-ring (bicyclic) bond motifs is 3. The molecule has 37 heavy (non-hydrogen) atoms. The number of rotatable bonds is 4. The molecule has 6 heterocycles. The maximum Gasteiger partial charge on any atom is 0.262 e. The molecule has 3 aromatic heterocycles. The lowest BCUT2D eigenvalue weighted by molar-refractivity contribution is -0.133. The van der Waals surface area contributed by atoms with Gasteiger partial charge in [-0.2, -0.15) is 9.49 Å². The summed E-state index contributed by atoms with van der Waals surface area (Å²) >= 11 is 0. The number of aromatic nitrogens is 4. The molecule has 0 aliphatic carbocycles. The molecule has 0 spiro atoms. The number of carbonyl (C=O) groups is 1. The van der Waals surface area contributed by atoms with Gasteiger partial charge in [0.25, 0.3) is 5.91 Å². The molecule has 2 atom stereocenters. The summed E-state index contributed by atoms with van der Waals surface area (Å²) in [7, 11) is 0. The van der Waals surface area contributed by atoms with Gasteiger partial charge in [-0.25, -0.2) is 14.1 Å². The molecule has 0 saturated carbocycles. The monoisotopic (exact) mass is 506 g/mol. The average Bonchev–Trinajstić information content (AvgIpc) is 3.46. The second-order valence-electron chi connectivity index (χ2n) is 10.8. The minimum absolute atomic E-state index is 0.0339. The van der Waals surface area contributed by atoms with Crippen LogP contribution in [0.2, 0.25) is 0 Å². The number of halogens is 2. The maximum absolute atomic E-state index is 15.0. The number of amides is 1. The lowest BCUT2D eigenvalue weighted by atomic mass is 9.97. The number of piperidine rings is 1. The summed E-state index contributed by atoms with van der Waals surface area (Å²) in [6, 6.07) is 5.01. The highest BCUT2D eigenvalue weighted by Gasteiger charge is 2.39. The lowest BCUT2D eigenvalue weighted by Gasteiger charge is -2.48. The van der Waals surface area contributed by atoms with Crippen molar-refractivity contribution < 1.29 is 18.3 Å². The summed E-state index contributed by atoms with van der Waals surface area (Å²) < 4.78 is 38.7. The van der Waals surface area contributed by atoms with Crippen LogP contribution in [0.4, 0.5) is 20.2 Å². The molecule has 2 unspecified atom stereocenters. The number of imidazole rings is 1. The van der Waals surface area contributed by atoms with Crippen molar-refractivity contribution in [3.05, 3.63) is 65.9 Å². The number of nitrogens with zero attached hydrogens (tertiary/aromatic N) is 5. The van der Waals surface area contributed by atoms with E-state index in [1.807, 2.05) is 29.8 Å². The highest BCUT2D eigenvalue weighted by molar-refractivity contribution is 6.04. The van der Waals surface area contributed by atoms with Crippen molar-refractivity contribution in [3.63, 3.8) is 0 Å². The van der Waals surface area contributed by atoms with Crippen LogP contribution in [0, 0.1) is 18.7 Å². The van der Waals surface area contributed by atoms with E-state index < -0.39 is 23.2 Å². The Kier molecular flexibility index (Phi) is 5.34. The Morgan fingerprint density at radius 3 is 2.57 bits per heavy atom. The third kappa shape index (κ3) is 4.05. The van der Waals surface area contributed by atoms with Gasteiger partial charge in [-0.1, -0.05) is 0 Å². The van der Waals surface area contributed by atoms with Crippen molar-refractivity contribution in [3.8, 4) is 11.1 Å². The maximum atomic E-state index is 15.0. The fourth-order valence-corrected chi connectivity index (χ4v) is 5.17. The van der Waals surface area contributed by atoms with E-state index >= 15 is 0 Å². The second kappa shape index (κ2) is 8.37. The van der Waals surface area contributed by atoms with E-state index in [0.717, 1.165) is 52.9 Å². The summed E-state index contributed by atoms with van der Waals surface area (Å²) in [6.45, 7) is 8.74. The number of nitrogens with one attached hydrogen (secondary N) is 1. The lowest BCUT2D eigenvalue weighted by Crippen LogP contribution is -2.57. The first-order valence-corrected chi connectivity index (χ1v) is 12.3. The first-order chi connectivity index (χ1) is 17.6. The van der Waals surface area contributed by atoms with Crippen molar-refractivity contribution in [1.82, 2.24) is 19.2 Å². The predicted molar refractivity (Wildman–Crippen MR) is 136 cm³/mol. The summed E-state index contributed by atoms with van der Waals surface area (Å²) in [5.74, 6) is -2.13. The minimum atomic E-state index is -0.767. The smallest absolute Gasteiger partial charge is 0.262 e. The molecule has 1 N–H and O–H groups in total. The van der Waals surface area contributed by atoms with Gasteiger partial charge in [0.2, 0.25) is 5.95 Å². The van der Waals surface area contributed by atoms with Gasteiger partial charge in [0.1, 0.15) is 11.4 Å². The first-order valence-electron chi connectivity index (χ1n) is 12.3.